The van der Waals surface area contributed by atoms with E-state index < -0.39 is 5.91 Å². The molecule has 3 rings (SSSR count). The maximum Gasteiger partial charge on any atom is 0.271 e. The Morgan fingerprint density at radius 2 is 2.00 bits per heavy atom. The molecule has 9 heteroatoms. The zero-order valence-electron chi connectivity index (χ0n) is 12.9. The summed E-state index contributed by atoms with van der Waals surface area (Å²) in [6, 6.07) is 10.3. The molecule has 2 heterocycles. The summed E-state index contributed by atoms with van der Waals surface area (Å²) >= 11 is 7.42. The molecule has 2 N–H and O–H groups in total. The molecule has 2 amide bonds. The van der Waals surface area contributed by atoms with E-state index >= 15 is 0 Å². The highest BCUT2D eigenvalue weighted by atomic mass is 35.5. The van der Waals surface area contributed by atoms with E-state index in [1.54, 1.807) is 24.3 Å². The molecule has 0 aliphatic heterocycles. The smallest absolute Gasteiger partial charge is 0.271 e. The van der Waals surface area contributed by atoms with Crippen molar-refractivity contribution in [1.29, 1.82) is 0 Å². The lowest BCUT2D eigenvalue weighted by Gasteiger charge is -2.07. The van der Waals surface area contributed by atoms with Gasteiger partial charge in [-0.15, -0.1) is 11.3 Å². The number of amides is 2. The summed E-state index contributed by atoms with van der Waals surface area (Å²) in [4.78, 5) is 28.9. The minimum atomic E-state index is -0.489. The summed E-state index contributed by atoms with van der Waals surface area (Å²) in [5.74, 6) is -0.0126. The minimum absolute atomic E-state index is 0.0921. The predicted octanol–water partition coefficient (Wildman–Crippen LogP) is 2.85. The van der Waals surface area contributed by atoms with Gasteiger partial charge >= 0.3 is 0 Å². The third-order valence-corrected chi connectivity index (χ3v) is 4.40. The molecule has 2 aromatic heterocycles. The van der Waals surface area contributed by atoms with Crippen molar-refractivity contribution in [2.45, 2.75) is 12.8 Å². The highest BCUT2D eigenvalue weighted by Gasteiger charge is 2.13. The molecule has 0 radical (unpaired) electrons. The second-order valence-corrected chi connectivity index (χ2v) is 6.33. The first-order valence-electron chi connectivity index (χ1n) is 7.33. The van der Waals surface area contributed by atoms with Gasteiger partial charge < -0.3 is 4.52 Å². The molecule has 7 nitrogen and oxygen atoms in total. The highest BCUT2D eigenvalue weighted by Crippen LogP contribution is 2.21. The number of carbonyl (C=O) groups is 2. The lowest BCUT2D eigenvalue weighted by Crippen LogP contribution is -2.41. The van der Waals surface area contributed by atoms with Crippen molar-refractivity contribution in [3.05, 3.63) is 58.3 Å². The van der Waals surface area contributed by atoms with Gasteiger partial charge in [0.25, 0.3) is 5.91 Å². The van der Waals surface area contributed by atoms with E-state index in [-0.39, 0.29) is 24.3 Å². The summed E-state index contributed by atoms with van der Waals surface area (Å²) in [5.41, 5.74) is 4.92. The standard InChI is InChI=1S/C16H13ClN4O3S/c17-11-5-2-1-4-10(11)16(23)20-19-13(22)7-8-14-18-15(21-24-14)12-6-3-9-25-12/h1-6,9H,7-8H2,(H,19,22)(H,20,23). The molecule has 1 aromatic carbocycles. The van der Waals surface area contributed by atoms with Crippen LogP contribution in [0.2, 0.25) is 5.02 Å². The summed E-state index contributed by atoms with van der Waals surface area (Å²) in [5, 5.41) is 6.09. The number of nitrogens with one attached hydrogen (secondary N) is 2. The lowest BCUT2D eigenvalue weighted by atomic mass is 10.2. The topological polar surface area (TPSA) is 97.1 Å². The maximum atomic E-state index is 11.9. The van der Waals surface area contributed by atoms with E-state index in [1.165, 1.54) is 11.3 Å². The number of benzene rings is 1. The van der Waals surface area contributed by atoms with Crippen molar-refractivity contribution < 1.29 is 14.1 Å². The Kier molecular flexibility index (Phi) is 5.42. The van der Waals surface area contributed by atoms with Crippen LogP contribution in [0.25, 0.3) is 10.7 Å². The Hall–Kier alpha value is -2.71. The van der Waals surface area contributed by atoms with Crippen LogP contribution in [0, 0.1) is 0 Å². The molecule has 0 fully saturated rings. The molecule has 0 spiro atoms. The van der Waals surface area contributed by atoms with Crippen LogP contribution in [-0.4, -0.2) is 22.0 Å². The van der Waals surface area contributed by atoms with E-state index in [1.807, 2.05) is 17.5 Å². The first-order valence-corrected chi connectivity index (χ1v) is 8.59. The number of hydrazine groups is 1. The number of hydrogen-bond donors (Lipinski definition) is 2. The van der Waals surface area contributed by atoms with Crippen LogP contribution >= 0.6 is 22.9 Å². The van der Waals surface area contributed by atoms with Gasteiger partial charge in [-0.05, 0) is 23.6 Å². The number of nitrogens with zero attached hydrogens (tertiary/aromatic N) is 2. The SMILES string of the molecule is O=C(CCc1nc(-c2cccs2)no1)NNC(=O)c1ccccc1Cl. The Balaban J connectivity index is 1.47. The fourth-order valence-electron chi connectivity index (χ4n) is 1.98. The Bertz CT molecular complexity index is 879. The Labute approximate surface area is 152 Å². The zero-order valence-corrected chi connectivity index (χ0v) is 14.4. The first-order chi connectivity index (χ1) is 12.1. The fourth-order valence-corrected chi connectivity index (χ4v) is 2.86. The van der Waals surface area contributed by atoms with E-state index in [9.17, 15) is 9.59 Å². The van der Waals surface area contributed by atoms with Gasteiger partial charge in [0.1, 0.15) is 0 Å². The quantitative estimate of drug-likeness (QED) is 0.667. The minimum Gasteiger partial charge on any atom is -0.339 e. The number of thiophene rings is 1. The molecular formula is C16H13ClN4O3S. The largest absolute Gasteiger partial charge is 0.339 e. The van der Waals surface area contributed by atoms with Crippen LogP contribution in [0.3, 0.4) is 0 Å². The van der Waals surface area contributed by atoms with Crippen LogP contribution in [0.1, 0.15) is 22.7 Å². The van der Waals surface area contributed by atoms with Crippen molar-refractivity contribution >= 4 is 34.8 Å². The van der Waals surface area contributed by atoms with E-state index in [2.05, 4.69) is 21.0 Å². The number of hydrogen-bond acceptors (Lipinski definition) is 6. The molecule has 0 aliphatic rings. The molecular weight excluding hydrogens is 364 g/mol. The van der Waals surface area contributed by atoms with E-state index in [4.69, 9.17) is 16.1 Å². The van der Waals surface area contributed by atoms with Crippen LogP contribution in [0.15, 0.2) is 46.3 Å². The van der Waals surface area contributed by atoms with Crippen molar-refractivity contribution in [1.82, 2.24) is 21.0 Å². The Morgan fingerprint density at radius 1 is 1.16 bits per heavy atom. The van der Waals surface area contributed by atoms with Gasteiger partial charge in [-0.25, -0.2) is 0 Å². The Morgan fingerprint density at radius 3 is 2.76 bits per heavy atom. The van der Waals surface area contributed by atoms with Crippen molar-refractivity contribution in [3.63, 3.8) is 0 Å². The number of carbonyl (C=O) groups excluding carboxylic acids is 2. The third-order valence-electron chi connectivity index (χ3n) is 3.21. The van der Waals surface area contributed by atoms with Gasteiger partial charge in [0, 0.05) is 12.8 Å². The van der Waals surface area contributed by atoms with Crippen LogP contribution in [-0.2, 0) is 11.2 Å². The highest BCUT2D eigenvalue weighted by molar-refractivity contribution is 7.13. The average Bonchev–Trinajstić information content (AvgIpc) is 3.29. The van der Waals surface area contributed by atoms with Gasteiger partial charge in [0.15, 0.2) is 0 Å². The summed E-state index contributed by atoms with van der Waals surface area (Å²) in [6.07, 6.45) is 0.362. The van der Waals surface area contributed by atoms with Crippen molar-refractivity contribution in [2.75, 3.05) is 0 Å². The molecule has 3 aromatic rings. The van der Waals surface area contributed by atoms with Gasteiger partial charge in [0.05, 0.1) is 15.5 Å². The molecule has 0 bridgehead atoms. The van der Waals surface area contributed by atoms with Crippen molar-refractivity contribution in [3.8, 4) is 10.7 Å². The molecule has 0 atom stereocenters. The molecule has 0 aliphatic carbocycles. The summed E-state index contributed by atoms with van der Waals surface area (Å²) < 4.78 is 5.11. The molecule has 25 heavy (non-hydrogen) atoms. The van der Waals surface area contributed by atoms with E-state index in [0.29, 0.717) is 16.7 Å². The summed E-state index contributed by atoms with van der Waals surface area (Å²) in [7, 11) is 0. The number of aromatic nitrogens is 2. The van der Waals surface area contributed by atoms with Crippen LogP contribution in [0.4, 0.5) is 0 Å². The van der Waals surface area contributed by atoms with Gasteiger partial charge in [0.2, 0.25) is 17.6 Å². The predicted molar refractivity (Wildman–Crippen MR) is 93.0 cm³/mol. The van der Waals surface area contributed by atoms with E-state index in [0.717, 1.165) is 4.88 Å². The number of aryl methyl sites for hydroxylation is 1. The second kappa shape index (κ2) is 7.91. The fraction of sp³-hybridized carbons (Fsp3) is 0.125. The lowest BCUT2D eigenvalue weighted by molar-refractivity contribution is -0.121. The molecule has 0 saturated carbocycles. The van der Waals surface area contributed by atoms with Gasteiger partial charge in [-0.2, -0.15) is 4.98 Å². The molecule has 0 unspecified atom stereocenters. The van der Waals surface area contributed by atoms with Gasteiger partial charge in [-0.1, -0.05) is 35.0 Å². The number of rotatable bonds is 5. The van der Waals surface area contributed by atoms with Crippen LogP contribution < -0.4 is 10.9 Å². The second-order valence-electron chi connectivity index (χ2n) is 4.97. The average molecular weight is 377 g/mol. The monoisotopic (exact) mass is 376 g/mol. The summed E-state index contributed by atoms with van der Waals surface area (Å²) in [6.45, 7) is 0. The maximum absolute atomic E-state index is 11.9. The molecule has 0 saturated heterocycles. The number of halogens is 1. The van der Waals surface area contributed by atoms with Gasteiger partial charge in [-0.3, -0.25) is 20.4 Å². The zero-order chi connectivity index (χ0) is 17.6. The normalized spacial score (nSPS) is 10.4. The third kappa shape index (κ3) is 4.43. The first kappa shape index (κ1) is 17.1. The van der Waals surface area contributed by atoms with Crippen molar-refractivity contribution in [2.24, 2.45) is 0 Å². The molecule has 128 valence electrons. The van der Waals surface area contributed by atoms with Crippen LogP contribution in [0.5, 0.6) is 0 Å².